The third kappa shape index (κ3) is 5.42. The number of carbonyl (C=O) groups is 1. The summed E-state index contributed by atoms with van der Waals surface area (Å²) in [5.41, 5.74) is 1.05. The fourth-order valence-corrected chi connectivity index (χ4v) is 5.61. The highest BCUT2D eigenvalue weighted by molar-refractivity contribution is 7.90. The highest BCUT2D eigenvalue weighted by Gasteiger charge is 2.23. The minimum Gasteiger partial charge on any atom is -0.383 e. The van der Waals surface area contributed by atoms with Gasteiger partial charge in [-0.2, -0.15) is 4.99 Å². The summed E-state index contributed by atoms with van der Waals surface area (Å²) in [7, 11) is -1.86. The fraction of sp³-hybridized carbons (Fsp3) is 0.364. The zero-order valence-electron chi connectivity index (χ0n) is 19.2. The van der Waals surface area contributed by atoms with Crippen LogP contribution in [0.3, 0.4) is 0 Å². The van der Waals surface area contributed by atoms with E-state index in [9.17, 15) is 23.3 Å². The largest absolute Gasteiger partial charge is 0.383 e. The van der Waals surface area contributed by atoms with Crippen LogP contribution < -0.4 is 9.70 Å². The van der Waals surface area contributed by atoms with Crippen molar-refractivity contribution in [3.63, 3.8) is 0 Å². The van der Waals surface area contributed by atoms with Crippen LogP contribution in [-0.4, -0.2) is 70.1 Å². The molecule has 1 aromatic heterocycles. The fourth-order valence-electron chi connectivity index (χ4n) is 3.79. The normalized spacial score (nSPS) is 15.0. The molecule has 35 heavy (non-hydrogen) atoms. The van der Waals surface area contributed by atoms with Crippen LogP contribution in [0.2, 0.25) is 0 Å². The van der Waals surface area contributed by atoms with Gasteiger partial charge in [-0.25, -0.2) is 8.42 Å². The molecule has 0 spiro atoms. The highest BCUT2D eigenvalue weighted by atomic mass is 32.2. The van der Waals surface area contributed by atoms with Crippen LogP contribution in [0.1, 0.15) is 10.4 Å². The van der Waals surface area contributed by atoms with Gasteiger partial charge in [0.15, 0.2) is 14.6 Å². The highest BCUT2D eigenvalue weighted by Crippen LogP contribution is 2.30. The molecule has 0 bridgehead atoms. The average molecular weight is 521 g/mol. The molecule has 13 heteroatoms. The van der Waals surface area contributed by atoms with Crippen LogP contribution in [0.5, 0.6) is 0 Å². The Balaban J connectivity index is 1.77. The number of nitro groups is 1. The molecule has 0 saturated carbocycles. The molecule has 1 fully saturated rings. The van der Waals surface area contributed by atoms with Crippen LogP contribution in [0, 0.1) is 10.1 Å². The summed E-state index contributed by atoms with van der Waals surface area (Å²) in [4.78, 5) is 30.9. The van der Waals surface area contributed by atoms with Crippen molar-refractivity contribution in [2.24, 2.45) is 4.99 Å². The smallest absolute Gasteiger partial charge is 0.293 e. The van der Waals surface area contributed by atoms with E-state index in [4.69, 9.17) is 9.47 Å². The second-order valence-corrected chi connectivity index (χ2v) is 10.9. The summed E-state index contributed by atoms with van der Waals surface area (Å²) in [6, 6.07) is 9.05. The molecule has 186 valence electrons. The molecule has 2 aromatic carbocycles. The number of amides is 1. The molecule has 1 aliphatic heterocycles. The van der Waals surface area contributed by atoms with Crippen LogP contribution in [0.25, 0.3) is 10.2 Å². The lowest BCUT2D eigenvalue weighted by molar-refractivity contribution is -0.384. The Labute approximate surface area is 205 Å². The number of carbonyl (C=O) groups excluding carboxylic acids is 1. The average Bonchev–Trinajstić information content (AvgIpc) is 3.18. The summed E-state index contributed by atoms with van der Waals surface area (Å²) in [6.07, 6.45) is 1.13. The van der Waals surface area contributed by atoms with Gasteiger partial charge in [-0.05, 0) is 30.3 Å². The van der Waals surface area contributed by atoms with E-state index in [1.807, 2.05) is 4.90 Å². The molecule has 1 aliphatic rings. The van der Waals surface area contributed by atoms with Crippen molar-refractivity contribution < 1.29 is 27.6 Å². The number of fused-ring (bicyclic) bond motifs is 1. The third-order valence-corrected chi connectivity index (χ3v) is 7.72. The van der Waals surface area contributed by atoms with Gasteiger partial charge in [0.2, 0.25) is 0 Å². The first kappa shape index (κ1) is 25.0. The van der Waals surface area contributed by atoms with E-state index in [1.54, 1.807) is 29.9 Å². The number of sulfone groups is 1. The van der Waals surface area contributed by atoms with E-state index in [2.05, 4.69) is 4.99 Å². The topological polar surface area (TPSA) is 133 Å². The Morgan fingerprint density at radius 1 is 1.23 bits per heavy atom. The molecule has 3 aromatic rings. The molecule has 0 atom stereocenters. The SMILES string of the molecule is COCCn1c(=NC(=O)c2ccc(N3CCOCC3)c([N+](=O)[O-])c2)sc2cc(S(C)(=O)=O)ccc21. The molecule has 0 N–H and O–H groups in total. The molecule has 0 unspecified atom stereocenters. The van der Waals surface area contributed by atoms with E-state index in [0.717, 1.165) is 17.6 Å². The number of nitro benzene ring substituents is 1. The molecule has 0 aliphatic carbocycles. The number of thiazole rings is 1. The van der Waals surface area contributed by atoms with Gasteiger partial charge >= 0.3 is 0 Å². The Morgan fingerprint density at radius 3 is 2.63 bits per heavy atom. The Morgan fingerprint density at radius 2 is 1.97 bits per heavy atom. The first-order chi connectivity index (χ1) is 16.7. The van der Waals surface area contributed by atoms with Gasteiger partial charge in [0.1, 0.15) is 5.69 Å². The quantitative estimate of drug-likeness (QED) is 0.342. The van der Waals surface area contributed by atoms with Gasteiger partial charge in [0.25, 0.3) is 11.6 Å². The molecule has 1 saturated heterocycles. The van der Waals surface area contributed by atoms with Crippen LogP contribution >= 0.6 is 11.3 Å². The predicted octanol–water partition coefficient (Wildman–Crippen LogP) is 2.24. The summed E-state index contributed by atoms with van der Waals surface area (Å²) in [5, 5.41) is 11.7. The Bertz CT molecular complexity index is 1450. The maximum absolute atomic E-state index is 13.0. The van der Waals surface area contributed by atoms with Gasteiger partial charge in [-0.1, -0.05) is 11.3 Å². The zero-order valence-corrected chi connectivity index (χ0v) is 20.8. The maximum Gasteiger partial charge on any atom is 0.293 e. The van der Waals surface area contributed by atoms with Crippen molar-refractivity contribution in [2.75, 3.05) is 51.2 Å². The summed E-state index contributed by atoms with van der Waals surface area (Å²) >= 11 is 1.16. The Hall–Kier alpha value is -3.13. The van der Waals surface area contributed by atoms with Crippen LogP contribution in [0.15, 0.2) is 46.3 Å². The van der Waals surface area contributed by atoms with Crippen molar-refractivity contribution in [1.29, 1.82) is 0 Å². The molecule has 0 radical (unpaired) electrons. The number of rotatable bonds is 7. The maximum atomic E-state index is 13.0. The van der Waals surface area contributed by atoms with E-state index in [-0.39, 0.29) is 16.1 Å². The van der Waals surface area contributed by atoms with Gasteiger partial charge in [0.05, 0.1) is 39.9 Å². The number of methoxy groups -OCH3 is 1. The van der Waals surface area contributed by atoms with E-state index in [1.165, 1.54) is 18.2 Å². The molecule has 4 rings (SSSR count). The molecule has 2 heterocycles. The number of anilines is 1. The van der Waals surface area contributed by atoms with Gasteiger partial charge < -0.3 is 18.9 Å². The van der Waals surface area contributed by atoms with Crippen molar-refractivity contribution in [3.05, 3.63) is 56.9 Å². The number of nitrogens with zero attached hydrogens (tertiary/aromatic N) is 4. The van der Waals surface area contributed by atoms with Crippen LogP contribution in [0.4, 0.5) is 11.4 Å². The second kappa shape index (κ2) is 10.2. The summed E-state index contributed by atoms with van der Waals surface area (Å²) < 4.78 is 36.8. The number of hydrogen-bond donors (Lipinski definition) is 0. The first-order valence-corrected chi connectivity index (χ1v) is 13.4. The summed E-state index contributed by atoms with van der Waals surface area (Å²) in [6.45, 7) is 2.73. The number of ether oxygens (including phenoxy) is 2. The van der Waals surface area contributed by atoms with E-state index >= 15 is 0 Å². The van der Waals surface area contributed by atoms with Crippen LogP contribution in [-0.2, 0) is 25.9 Å². The van der Waals surface area contributed by atoms with E-state index in [0.29, 0.717) is 60.2 Å². The monoisotopic (exact) mass is 520 g/mol. The Kier molecular flexibility index (Phi) is 7.31. The lowest BCUT2D eigenvalue weighted by Crippen LogP contribution is -2.36. The lowest BCUT2D eigenvalue weighted by Gasteiger charge is -2.28. The van der Waals surface area contributed by atoms with E-state index < -0.39 is 20.7 Å². The van der Waals surface area contributed by atoms with Gasteiger partial charge in [-0.15, -0.1) is 0 Å². The molecule has 1 amide bonds. The lowest BCUT2D eigenvalue weighted by atomic mass is 10.1. The van der Waals surface area contributed by atoms with Gasteiger partial charge in [-0.3, -0.25) is 14.9 Å². The number of aromatic nitrogens is 1. The minimum absolute atomic E-state index is 0.0845. The molecular weight excluding hydrogens is 496 g/mol. The first-order valence-electron chi connectivity index (χ1n) is 10.7. The predicted molar refractivity (Wildman–Crippen MR) is 131 cm³/mol. The second-order valence-electron chi connectivity index (χ2n) is 7.91. The van der Waals surface area contributed by atoms with Crippen molar-refractivity contribution in [3.8, 4) is 0 Å². The zero-order chi connectivity index (χ0) is 25.2. The van der Waals surface area contributed by atoms with Gasteiger partial charge in [0, 0.05) is 44.6 Å². The minimum atomic E-state index is -3.41. The standard InChI is InChI=1S/C22H24N4O7S2/c1-32-10-9-25-18-6-4-16(35(2,30)31)14-20(18)34-22(25)23-21(27)15-3-5-17(19(13-15)26(28)29)24-7-11-33-12-8-24/h3-6,13-14H,7-12H2,1-2H3. The number of hydrogen-bond acceptors (Lipinski definition) is 9. The third-order valence-electron chi connectivity index (χ3n) is 5.57. The van der Waals surface area contributed by atoms with Crippen molar-refractivity contribution in [2.45, 2.75) is 11.4 Å². The van der Waals surface area contributed by atoms with Crippen molar-refractivity contribution in [1.82, 2.24) is 4.57 Å². The number of benzene rings is 2. The van der Waals surface area contributed by atoms with Crippen molar-refractivity contribution >= 4 is 48.7 Å². The summed E-state index contributed by atoms with van der Waals surface area (Å²) in [5.74, 6) is -0.636. The molecular formula is C22H24N4O7S2. The molecule has 11 nitrogen and oxygen atoms in total. The number of morpholine rings is 1.